The Morgan fingerprint density at radius 2 is 1.90 bits per heavy atom. The minimum absolute atomic E-state index is 0.0321. The number of rotatable bonds is 3. The zero-order chi connectivity index (χ0) is 14.3. The molecule has 2 fully saturated rings. The Kier molecular flexibility index (Phi) is 3.25. The predicted octanol–water partition coefficient (Wildman–Crippen LogP) is 1.39. The van der Waals surface area contributed by atoms with Gasteiger partial charge in [-0.2, -0.15) is 0 Å². The molecule has 0 atom stereocenters. The van der Waals surface area contributed by atoms with Gasteiger partial charge in [0, 0.05) is 37.9 Å². The molecule has 1 heterocycles. The molecule has 1 aromatic carbocycles. The molecule has 6 heteroatoms. The molecule has 1 saturated heterocycles. The third-order valence-corrected chi connectivity index (χ3v) is 4.07. The van der Waals surface area contributed by atoms with E-state index in [9.17, 15) is 9.18 Å². The molecule has 1 saturated carbocycles. The van der Waals surface area contributed by atoms with E-state index in [0.29, 0.717) is 11.7 Å². The molecular formula is C14H18FN3O2. The van der Waals surface area contributed by atoms with E-state index in [1.54, 1.807) is 0 Å². The van der Waals surface area contributed by atoms with Gasteiger partial charge in [0.25, 0.3) is 0 Å². The van der Waals surface area contributed by atoms with Crippen molar-refractivity contribution in [1.82, 2.24) is 4.90 Å². The van der Waals surface area contributed by atoms with E-state index in [0.717, 1.165) is 32.2 Å². The molecule has 3 N–H and O–H groups in total. The van der Waals surface area contributed by atoms with Crippen molar-refractivity contribution < 1.29 is 14.3 Å². The Bertz CT molecular complexity index is 537. The summed E-state index contributed by atoms with van der Waals surface area (Å²) in [5.74, 6) is -1.58. The van der Waals surface area contributed by atoms with E-state index in [1.165, 1.54) is 18.9 Å². The van der Waals surface area contributed by atoms with Crippen LogP contribution in [0.15, 0.2) is 12.1 Å². The van der Waals surface area contributed by atoms with Gasteiger partial charge < -0.3 is 15.7 Å². The van der Waals surface area contributed by atoms with Crippen molar-refractivity contribution in [3.05, 3.63) is 23.5 Å². The van der Waals surface area contributed by atoms with Crippen LogP contribution in [0.1, 0.15) is 23.2 Å². The highest BCUT2D eigenvalue weighted by molar-refractivity contribution is 5.95. The maximum absolute atomic E-state index is 14.0. The molecule has 20 heavy (non-hydrogen) atoms. The molecule has 0 spiro atoms. The number of nitrogens with two attached hydrogens (primary N) is 1. The maximum atomic E-state index is 14.0. The van der Waals surface area contributed by atoms with Crippen LogP contribution in [-0.4, -0.2) is 48.2 Å². The highest BCUT2D eigenvalue weighted by Crippen LogP contribution is 2.30. The van der Waals surface area contributed by atoms with Crippen molar-refractivity contribution in [3.63, 3.8) is 0 Å². The second kappa shape index (κ2) is 4.94. The fourth-order valence-electron chi connectivity index (χ4n) is 2.77. The van der Waals surface area contributed by atoms with E-state index in [1.807, 2.05) is 4.90 Å². The Balaban J connectivity index is 1.79. The van der Waals surface area contributed by atoms with Crippen LogP contribution >= 0.6 is 0 Å². The third-order valence-electron chi connectivity index (χ3n) is 4.07. The number of hydrogen-bond acceptors (Lipinski definition) is 4. The van der Waals surface area contributed by atoms with Crippen molar-refractivity contribution in [1.29, 1.82) is 0 Å². The first-order chi connectivity index (χ1) is 9.56. The first-order valence-electron chi connectivity index (χ1n) is 6.87. The molecule has 3 rings (SSSR count). The molecule has 1 aliphatic heterocycles. The average molecular weight is 279 g/mol. The number of anilines is 2. The molecule has 1 aliphatic carbocycles. The van der Waals surface area contributed by atoms with Crippen LogP contribution in [0.25, 0.3) is 0 Å². The summed E-state index contributed by atoms with van der Waals surface area (Å²) in [5, 5.41) is 9.07. The van der Waals surface area contributed by atoms with Gasteiger partial charge in [-0.1, -0.05) is 0 Å². The minimum Gasteiger partial charge on any atom is -0.478 e. The van der Waals surface area contributed by atoms with Gasteiger partial charge in [-0.3, -0.25) is 4.90 Å². The quantitative estimate of drug-likeness (QED) is 0.818. The number of nitrogen functional groups attached to an aromatic ring is 1. The molecule has 108 valence electrons. The number of carbonyl (C=O) groups is 1. The topological polar surface area (TPSA) is 69.8 Å². The lowest BCUT2D eigenvalue weighted by Gasteiger charge is -2.36. The summed E-state index contributed by atoms with van der Waals surface area (Å²) >= 11 is 0. The highest BCUT2D eigenvalue weighted by Gasteiger charge is 2.31. The number of hydrogen-bond donors (Lipinski definition) is 2. The summed E-state index contributed by atoms with van der Waals surface area (Å²) in [6.45, 7) is 3.24. The highest BCUT2D eigenvalue weighted by atomic mass is 19.1. The van der Waals surface area contributed by atoms with Crippen molar-refractivity contribution in [2.45, 2.75) is 18.9 Å². The number of piperazine rings is 1. The third kappa shape index (κ3) is 2.43. The van der Waals surface area contributed by atoms with Gasteiger partial charge in [-0.25, -0.2) is 9.18 Å². The number of halogens is 1. The van der Waals surface area contributed by atoms with Crippen molar-refractivity contribution in [2.75, 3.05) is 36.8 Å². The van der Waals surface area contributed by atoms with Crippen LogP contribution < -0.4 is 10.6 Å². The van der Waals surface area contributed by atoms with E-state index < -0.39 is 11.8 Å². The summed E-state index contributed by atoms with van der Waals surface area (Å²) in [5.41, 5.74) is 5.81. The SMILES string of the molecule is Nc1cc(F)c(N2CCN(C3CC3)CC2)cc1C(=O)O. The smallest absolute Gasteiger partial charge is 0.337 e. The second-order valence-corrected chi connectivity index (χ2v) is 5.45. The monoisotopic (exact) mass is 279 g/mol. The molecule has 0 unspecified atom stereocenters. The molecule has 1 aromatic rings. The van der Waals surface area contributed by atoms with Crippen LogP contribution in [0.3, 0.4) is 0 Å². The van der Waals surface area contributed by atoms with E-state index >= 15 is 0 Å². The van der Waals surface area contributed by atoms with E-state index in [2.05, 4.69) is 4.90 Å². The number of aromatic carboxylic acids is 1. The Hall–Kier alpha value is -1.82. The van der Waals surface area contributed by atoms with Gasteiger partial charge in [0.15, 0.2) is 0 Å². The van der Waals surface area contributed by atoms with Crippen molar-refractivity contribution in [2.24, 2.45) is 0 Å². The lowest BCUT2D eigenvalue weighted by molar-refractivity contribution is 0.0698. The minimum atomic E-state index is -1.12. The number of carboxylic acids is 1. The molecule has 0 bridgehead atoms. The first kappa shape index (κ1) is 13.2. The van der Waals surface area contributed by atoms with Crippen molar-refractivity contribution in [3.8, 4) is 0 Å². The lowest BCUT2D eigenvalue weighted by atomic mass is 10.1. The number of nitrogens with zero attached hydrogens (tertiary/aromatic N) is 2. The van der Waals surface area contributed by atoms with Gasteiger partial charge in [0.2, 0.25) is 0 Å². The summed E-state index contributed by atoms with van der Waals surface area (Å²) < 4.78 is 14.0. The van der Waals surface area contributed by atoms with Crippen LogP contribution in [0.5, 0.6) is 0 Å². The first-order valence-corrected chi connectivity index (χ1v) is 6.87. The normalized spacial score (nSPS) is 20.1. The molecule has 5 nitrogen and oxygen atoms in total. The van der Waals surface area contributed by atoms with Gasteiger partial charge in [0.05, 0.1) is 11.3 Å². The van der Waals surface area contributed by atoms with Gasteiger partial charge >= 0.3 is 5.97 Å². The number of benzene rings is 1. The summed E-state index contributed by atoms with van der Waals surface area (Å²) in [7, 11) is 0. The maximum Gasteiger partial charge on any atom is 0.337 e. The average Bonchev–Trinajstić information content (AvgIpc) is 3.23. The van der Waals surface area contributed by atoms with Crippen LogP contribution in [0, 0.1) is 5.82 Å². The summed E-state index contributed by atoms with van der Waals surface area (Å²) in [6.07, 6.45) is 2.53. The van der Waals surface area contributed by atoms with Crippen molar-refractivity contribution >= 4 is 17.3 Å². The van der Waals surface area contributed by atoms with Crippen LogP contribution in [0.2, 0.25) is 0 Å². The van der Waals surface area contributed by atoms with Crippen LogP contribution in [0.4, 0.5) is 15.8 Å². The molecule has 0 aromatic heterocycles. The lowest BCUT2D eigenvalue weighted by Crippen LogP contribution is -2.47. The standard InChI is InChI=1S/C14H18FN3O2/c15-11-8-12(16)10(14(19)20)7-13(11)18-5-3-17(4-6-18)9-1-2-9/h7-9H,1-6,16H2,(H,19,20). The Labute approximate surface area is 116 Å². The zero-order valence-corrected chi connectivity index (χ0v) is 11.2. The van der Waals surface area contributed by atoms with E-state index in [4.69, 9.17) is 10.8 Å². The zero-order valence-electron chi connectivity index (χ0n) is 11.2. The largest absolute Gasteiger partial charge is 0.478 e. The number of carboxylic acid groups (broad SMARTS) is 1. The summed E-state index contributed by atoms with van der Waals surface area (Å²) in [4.78, 5) is 15.4. The van der Waals surface area contributed by atoms with Gasteiger partial charge in [0.1, 0.15) is 5.82 Å². The molecule has 0 amide bonds. The predicted molar refractivity (Wildman–Crippen MR) is 74.6 cm³/mol. The Morgan fingerprint density at radius 1 is 1.25 bits per heavy atom. The second-order valence-electron chi connectivity index (χ2n) is 5.45. The van der Waals surface area contributed by atoms with E-state index in [-0.39, 0.29) is 11.3 Å². The van der Waals surface area contributed by atoms with Gasteiger partial charge in [-0.15, -0.1) is 0 Å². The fourth-order valence-corrected chi connectivity index (χ4v) is 2.77. The fraction of sp³-hybridized carbons (Fsp3) is 0.500. The summed E-state index contributed by atoms with van der Waals surface area (Å²) in [6, 6.07) is 3.16. The Morgan fingerprint density at radius 3 is 2.45 bits per heavy atom. The molecule has 2 aliphatic rings. The molecule has 0 radical (unpaired) electrons. The molecular weight excluding hydrogens is 261 g/mol. The van der Waals surface area contributed by atoms with Crippen LogP contribution in [-0.2, 0) is 0 Å². The van der Waals surface area contributed by atoms with Gasteiger partial charge in [-0.05, 0) is 25.0 Å².